The molecule has 1 atom stereocenters. The lowest BCUT2D eigenvalue weighted by molar-refractivity contribution is -0.129. The van der Waals surface area contributed by atoms with Gasteiger partial charge in [0.25, 0.3) is 0 Å². The maximum atomic E-state index is 14.4. The van der Waals surface area contributed by atoms with Crippen LogP contribution in [0.15, 0.2) is 48.5 Å². The molecule has 0 spiro atoms. The van der Waals surface area contributed by atoms with Gasteiger partial charge in [0.2, 0.25) is 5.91 Å². The molecule has 0 aliphatic carbocycles. The van der Waals surface area contributed by atoms with Crippen molar-refractivity contribution < 1.29 is 9.18 Å². The zero-order valence-electron chi connectivity index (χ0n) is 16.3. The molecule has 4 rings (SSSR count). The summed E-state index contributed by atoms with van der Waals surface area (Å²) in [5, 5.41) is 7.98. The van der Waals surface area contributed by atoms with Crippen LogP contribution in [-0.4, -0.2) is 33.7 Å². The zero-order valence-corrected chi connectivity index (χ0v) is 17.1. The number of amides is 1. The minimum atomic E-state index is -0.558. The fourth-order valence-electron chi connectivity index (χ4n) is 3.96. The van der Waals surface area contributed by atoms with Crippen LogP contribution in [-0.2, 0) is 11.3 Å². The molecule has 0 radical (unpaired) electrons. The summed E-state index contributed by atoms with van der Waals surface area (Å²) in [5.41, 5.74) is 3.84. The highest BCUT2D eigenvalue weighted by atomic mass is 35.5. The number of rotatable bonds is 4. The van der Waals surface area contributed by atoms with Crippen molar-refractivity contribution in [2.75, 3.05) is 13.1 Å². The summed E-state index contributed by atoms with van der Waals surface area (Å²) in [7, 11) is 0. The first-order chi connectivity index (χ1) is 14.0. The smallest absolute Gasteiger partial charge is 0.242 e. The van der Waals surface area contributed by atoms with Gasteiger partial charge < -0.3 is 5.32 Å². The Labute approximate surface area is 174 Å². The Morgan fingerprint density at radius 1 is 1.17 bits per heavy atom. The van der Waals surface area contributed by atoms with Gasteiger partial charge in [-0.25, -0.2) is 9.07 Å². The van der Waals surface area contributed by atoms with Crippen molar-refractivity contribution >= 4 is 17.5 Å². The molecule has 3 aromatic rings. The first-order valence-corrected chi connectivity index (χ1v) is 9.91. The van der Waals surface area contributed by atoms with Crippen molar-refractivity contribution in [1.29, 1.82) is 0 Å². The van der Waals surface area contributed by atoms with Crippen molar-refractivity contribution in [1.82, 2.24) is 20.0 Å². The number of piperazine rings is 1. The number of aryl methyl sites for hydroxylation is 1. The van der Waals surface area contributed by atoms with Gasteiger partial charge in [-0.1, -0.05) is 35.9 Å². The van der Waals surface area contributed by atoms with Crippen LogP contribution in [0, 0.1) is 19.7 Å². The molecule has 1 aliphatic heterocycles. The van der Waals surface area contributed by atoms with E-state index in [1.165, 1.54) is 6.07 Å². The number of halogens is 2. The van der Waals surface area contributed by atoms with Crippen molar-refractivity contribution in [3.63, 3.8) is 0 Å². The molecule has 1 saturated heterocycles. The van der Waals surface area contributed by atoms with Gasteiger partial charge in [-0.15, -0.1) is 0 Å². The standard InChI is InChI=1S/C22H22ClFN4O/c1-14-20(15(2)28(26-14)16-7-4-3-5-8-16)21-22(29)25-11-12-27(21)13-17-18(23)9-6-10-19(17)24/h3-10,21H,11-13H2,1-2H3,(H,25,29)/t21-/m0/s1. The van der Waals surface area contributed by atoms with Gasteiger partial charge in [0.05, 0.1) is 11.4 Å². The predicted octanol–water partition coefficient (Wildman–Crippen LogP) is 3.95. The molecule has 0 bridgehead atoms. The third-order valence-electron chi connectivity index (χ3n) is 5.36. The van der Waals surface area contributed by atoms with E-state index in [0.29, 0.717) is 23.7 Å². The van der Waals surface area contributed by atoms with E-state index in [0.717, 1.165) is 22.6 Å². The second-order valence-corrected chi connectivity index (χ2v) is 7.60. The first kappa shape index (κ1) is 19.6. The van der Waals surface area contributed by atoms with E-state index >= 15 is 0 Å². The predicted molar refractivity (Wildman–Crippen MR) is 111 cm³/mol. The van der Waals surface area contributed by atoms with Crippen molar-refractivity contribution in [2.24, 2.45) is 0 Å². The monoisotopic (exact) mass is 412 g/mol. The van der Waals surface area contributed by atoms with E-state index in [1.54, 1.807) is 12.1 Å². The number of aromatic nitrogens is 2. The van der Waals surface area contributed by atoms with Crippen LogP contribution in [0.25, 0.3) is 5.69 Å². The van der Waals surface area contributed by atoms with Crippen LogP contribution in [0.4, 0.5) is 4.39 Å². The van der Waals surface area contributed by atoms with E-state index in [1.807, 2.05) is 53.8 Å². The van der Waals surface area contributed by atoms with Crippen LogP contribution < -0.4 is 5.32 Å². The van der Waals surface area contributed by atoms with Crippen LogP contribution in [0.3, 0.4) is 0 Å². The third-order valence-corrected chi connectivity index (χ3v) is 5.71. The lowest BCUT2D eigenvalue weighted by atomic mass is 9.99. The molecule has 29 heavy (non-hydrogen) atoms. The summed E-state index contributed by atoms with van der Waals surface area (Å²) < 4.78 is 16.2. The molecule has 150 valence electrons. The molecule has 2 aromatic carbocycles. The summed E-state index contributed by atoms with van der Waals surface area (Å²) in [5.74, 6) is -0.474. The van der Waals surface area contributed by atoms with E-state index < -0.39 is 6.04 Å². The fourth-order valence-corrected chi connectivity index (χ4v) is 4.18. The molecule has 1 N–H and O–H groups in total. The molecule has 1 amide bonds. The molecule has 0 unspecified atom stereocenters. The molecule has 1 aliphatic rings. The number of carbonyl (C=O) groups is 1. The Morgan fingerprint density at radius 2 is 1.93 bits per heavy atom. The summed E-state index contributed by atoms with van der Waals surface area (Å²) in [6.07, 6.45) is 0. The molecule has 5 nitrogen and oxygen atoms in total. The number of nitrogens with zero attached hydrogens (tertiary/aromatic N) is 3. The van der Waals surface area contributed by atoms with Crippen LogP contribution >= 0.6 is 11.6 Å². The molecule has 0 saturated carbocycles. The number of hydrogen-bond acceptors (Lipinski definition) is 3. The van der Waals surface area contributed by atoms with Gasteiger partial charge in [-0.2, -0.15) is 5.10 Å². The normalized spacial score (nSPS) is 17.4. The number of nitrogens with one attached hydrogen (secondary N) is 1. The largest absolute Gasteiger partial charge is 0.353 e. The van der Waals surface area contributed by atoms with E-state index in [9.17, 15) is 9.18 Å². The highest BCUT2D eigenvalue weighted by Gasteiger charge is 2.36. The molecule has 1 aromatic heterocycles. The van der Waals surface area contributed by atoms with Crippen molar-refractivity contribution in [3.05, 3.63) is 81.9 Å². The Hall–Kier alpha value is -2.70. The van der Waals surface area contributed by atoms with Crippen molar-refractivity contribution in [2.45, 2.75) is 26.4 Å². The molecule has 7 heteroatoms. The second kappa shape index (κ2) is 7.97. The Balaban J connectivity index is 1.75. The highest BCUT2D eigenvalue weighted by Crippen LogP contribution is 2.32. The minimum Gasteiger partial charge on any atom is -0.353 e. The van der Waals surface area contributed by atoms with Gasteiger partial charge >= 0.3 is 0 Å². The Bertz CT molecular complexity index is 1030. The second-order valence-electron chi connectivity index (χ2n) is 7.20. The molecular weight excluding hydrogens is 391 g/mol. The summed E-state index contributed by atoms with van der Waals surface area (Å²) in [6, 6.07) is 13.9. The average Bonchev–Trinajstić information content (AvgIpc) is 3.00. The molecule has 1 fully saturated rings. The Morgan fingerprint density at radius 3 is 2.66 bits per heavy atom. The first-order valence-electron chi connectivity index (χ1n) is 9.53. The van der Waals surface area contributed by atoms with Crippen LogP contribution in [0.1, 0.15) is 28.6 Å². The summed E-state index contributed by atoms with van der Waals surface area (Å²) in [6.45, 7) is 5.21. The SMILES string of the molecule is Cc1nn(-c2ccccc2)c(C)c1[C@H]1C(=O)NCCN1Cc1c(F)cccc1Cl. The van der Waals surface area contributed by atoms with Gasteiger partial charge in [0, 0.05) is 41.5 Å². The third kappa shape index (κ3) is 3.66. The van der Waals surface area contributed by atoms with Gasteiger partial charge in [0.1, 0.15) is 11.9 Å². The van der Waals surface area contributed by atoms with Gasteiger partial charge in [-0.3, -0.25) is 9.69 Å². The van der Waals surface area contributed by atoms with E-state index in [2.05, 4.69) is 10.4 Å². The number of para-hydroxylation sites is 1. The zero-order chi connectivity index (χ0) is 20.5. The number of carbonyl (C=O) groups excluding carboxylic acids is 1. The summed E-state index contributed by atoms with van der Waals surface area (Å²) in [4.78, 5) is 14.9. The highest BCUT2D eigenvalue weighted by molar-refractivity contribution is 6.31. The quantitative estimate of drug-likeness (QED) is 0.705. The van der Waals surface area contributed by atoms with Crippen LogP contribution in [0.5, 0.6) is 0 Å². The molecule has 2 heterocycles. The lowest BCUT2D eigenvalue weighted by Crippen LogP contribution is -2.50. The van der Waals surface area contributed by atoms with Crippen molar-refractivity contribution in [3.8, 4) is 5.69 Å². The fraction of sp³-hybridized carbons (Fsp3) is 0.273. The lowest BCUT2D eigenvalue weighted by Gasteiger charge is -2.35. The van der Waals surface area contributed by atoms with Gasteiger partial charge in [-0.05, 0) is 38.1 Å². The minimum absolute atomic E-state index is 0.109. The molecular formula is C22H22ClFN4O. The number of benzene rings is 2. The maximum Gasteiger partial charge on any atom is 0.242 e. The average molecular weight is 413 g/mol. The Kier molecular flexibility index (Phi) is 5.39. The van der Waals surface area contributed by atoms with E-state index in [-0.39, 0.29) is 18.3 Å². The van der Waals surface area contributed by atoms with E-state index in [4.69, 9.17) is 11.6 Å². The maximum absolute atomic E-state index is 14.4. The van der Waals surface area contributed by atoms with Crippen LogP contribution in [0.2, 0.25) is 5.02 Å². The van der Waals surface area contributed by atoms with Gasteiger partial charge in [0.15, 0.2) is 0 Å². The number of hydrogen-bond donors (Lipinski definition) is 1. The topological polar surface area (TPSA) is 50.2 Å². The summed E-state index contributed by atoms with van der Waals surface area (Å²) >= 11 is 6.24.